The normalized spacial score (nSPS) is 35.9. The van der Waals surface area contributed by atoms with Crippen molar-refractivity contribution in [2.45, 2.75) is 97.5 Å². The number of carbonyl (C=O) groups is 2. The number of carbonyl (C=O) groups excluding carboxylic acids is 2. The maximum atomic E-state index is 13.2. The molecule has 192 valence electrons. The van der Waals surface area contributed by atoms with E-state index in [1.54, 1.807) is 0 Å². The first-order valence-corrected chi connectivity index (χ1v) is 14.1. The maximum absolute atomic E-state index is 13.2. The van der Waals surface area contributed by atoms with Crippen LogP contribution in [0.2, 0.25) is 0 Å². The zero-order chi connectivity index (χ0) is 25.7. The number of imide groups is 1. The molecule has 1 aromatic carbocycles. The molecule has 7 atom stereocenters. The van der Waals surface area contributed by atoms with Crippen LogP contribution in [0.1, 0.15) is 123 Å². The lowest BCUT2D eigenvalue weighted by atomic mass is 9.51. The van der Waals surface area contributed by atoms with Crippen LogP contribution < -0.4 is 5.32 Å². The summed E-state index contributed by atoms with van der Waals surface area (Å²) < 4.78 is 0. The zero-order valence-corrected chi connectivity index (χ0v) is 22.7. The fourth-order valence-corrected chi connectivity index (χ4v) is 8.58. The second-order valence-electron chi connectivity index (χ2n) is 13.4. The Balaban J connectivity index is 1.55. The van der Waals surface area contributed by atoms with Crippen molar-refractivity contribution in [3.05, 3.63) is 51.1 Å². The van der Waals surface area contributed by atoms with E-state index in [0.29, 0.717) is 47.1 Å². The van der Waals surface area contributed by atoms with Crippen molar-refractivity contribution in [2.24, 2.45) is 29.1 Å². The molecule has 0 aromatic heterocycles. The van der Waals surface area contributed by atoms with Gasteiger partial charge in [0.2, 0.25) is 0 Å². The lowest BCUT2D eigenvalue weighted by Crippen LogP contribution is -2.44. The highest BCUT2D eigenvalue weighted by Crippen LogP contribution is 2.66. The molecule has 36 heavy (non-hydrogen) atoms. The number of aliphatic hydroxyl groups is 1. The molecule has 2 amide bonds. The van der Waals surface area contributed by atoms with E-state index in [1.165, 1.54) is 16.7 Å². The Hall–Kier alpha value is -2.20. The number of hydrogen-bond acceptors (Lipinski definition) is 3. The van der Waals surface area contributed by atoms with Crippen molar-refractivity contribution in [2.75, 3.05) is 0 Å². The third-order valence-corrected chi connectivity index (χ3v) is 11.2. The topological polar surface area (TPSA) is 66.4 Å². The van der Waals surface area contributed by atoms with E-state index in [9.17, 15) is 14.7 Å². The molecule has 4 aliphatic carbocycles. The Labute approximate surface area is 215 Å². The SMILES string of the molecule is CC(C)[C@@H](C)/C=C/[C@@H](C)C1Cc2c3c(c4c5c2[C@]1(C)CCC5[C@@]1(C)CC[C@H](O)CC1=C4)C(=O)NC3=O. The summed E-state index contributed by atoms with van der Waals surface area (Å²) in [5, 5.41) is 13.1. The molecule has 4 heteroatoms. The van der Waals surface area contributed by atoms with E-state index in [1.807, 2.05) is 0 Å². The van der Waals surface area contributed by atoms with E-state index in [2.05, 4.69) is 65.1 Å². The van der Waals surface area contributed by atoms with Gasteiger partial charge in [0.25, 0.3) is 11.8 Å². The number of allylic oxidation sites excluding steroid dienone is 2. The number of hydrogen-bond donors (Lipinski definition) is 2. The van der Waals surface area contributed by atoms with Crippen LogP contribution in [0, 0.1) is 29.1 Å². The van der Waals surface area contributed by atoms with Crippen LogP contribution in [0.25, 0.3) is 6.08 Å². The second kappa shape index (κ2) is 7.90. The predicted octanol–water partition coefficient (Wildman–Crippen LogP) is 6.31. The first kappa shape index (κ1) is 24.2. The van der Waals surface area contributed by atoms with Gasteiger partial charge in [0.15, 0.2) is 0 Å². The number of benzene rings is 1. The highest BCUT2D eigenvalue weighted by atomic mass is 16.3. The summed E-state index contributed by atoms with van der Waals surface area (Å²) in [4.78, 5) is 26.4. The number of rotatable bonds is 4. The Kier molecular flexibility index (Phi) is 5.30. The fraction of sp³-hybridized carbons (Fsp3) is 0.625. The average molecular weight is 488 g/mol. The number of amides is 2. The minimum absolute atomic E-state index is 0.00241. The Morgan fingerprint density at radius 2 is 1.67 bits per heavy atom. The number of aliphatic hydroxyl groups excluding tert-OH is 1. The Bertz CT molecular complexity index is 1240. The van der Waals surface area contributed by atoms with E-state index < -0.39 is 0 Å². The van der Waals surface area contributed by atoms with Gasteiger partial charge in [-0.3, -0.25) is 14.9 Å². The minimum atomic E-state index is -0.317. The molecule has 0 radical (unpaired) electrons. The summed E-state index contributed by atoms with van der Waals surface area (Å²) >= 11 is 0. The van der Waals surface area contributed by atoms with Gasteiger partial charge in [-0.25, -0.2) is 0 Å². The van der Waals surface area contributed by atoms with Crippen LogP contribution in [0.5, 0.6) is 0 Å². The van der Waals surface area contributed by atoms with Crippen molar-refractivity contribution in [1.82, 2.24) is 5.32 Å². The summed E-state index contributed by atoms with van der Waals surface area (Å²) in [7, 11) is 0. The summed E-state index contributed by atoms with van der Waals surface area (Å²) in [6.45, 7) is 14.0. The van der Waals surface area contributed by atoms with Gasteiger partial charge < -0.3 is 5.11 Å². The molecule has 5 aliphatic rings. The molecule has 0 saturated heterocycles. The molecule has 2 unspecified atom stereocenters. The van der Waals surface area contributed by atoms with Crippen LogP contribution in [0.15, 0.2) is 17.7 Å². The van der Waals surface area contributed by atoms with Gasteiger partial charge in [-0.05, 0) is 101 Å². The van der Waals surface area contributed by atoms with Gasteiger partial charge in [0.05, 0.1) is 17.2 Å². The van der Waals surface area contributed by atoms with Gasteiger partial charge in [0, 0.05) is 0 Å². The molecule has 2 N–H and O–H groups in total. The maximum Gasteiger partial charge on any atom is 0.259 e. The summed E-state index contributed by atoms with van der Waals surface area (Å²) in [5.74, 6) is 1.83. The first-order valence-electron chi connectivity index (χ1n) is 14.1. The molecular formula is C32H41NO3. The van der Waals surface area contributed by atoms with Crippen LogP contribution >= 0.6 is 0 Å². The quantitative estimate of drug-likeness (QED) is 0.386. The zero-order valence-electron chi connectivity index (χ0n) is 22.7. The molecule has 6 rings (SSSR count). The fourth-order valence-electron chi connectivity index (χ4n) is 8.58. The lowest BCUT2D eigenvalue weighted by Gasteiger charge is -2.53. The van der Waals surface area contributed by atoms with E-state index >= 15 is 0 Å². The number of nitrogens with one attached hydrogen (secondary N) is 1. The van der Waals surface area contributed by atoms with Gasteiger partial charge >= 0.3 is 0 Å². The van der Waals surface area contributed by atoms with Crippen molar-refractivity contribution >= 4 is 17.9 Å². The van der Waals surface area contributed by atoms with Gasteiger partial charge in [0.1, 0.15) is 0 Å². The van der Waals surface area contributed by atoms with Crippen molar-refractivity contribution in [3.8, 4) is 0 Å². The Morgan fingerprint density at radius 1 is 0.972 bits per heavy atom. The molecule has 1 aliphatic heterocycles. The molecule has 0 bridgehead atoms. The summed E-state index contributed by atoms with van der Waals surface area (Å²) in [5.41, 5.74) is 7.43. The van der Waals surface area contributed by atoms with Crippen molar-refractivity contribution in [3.63, 3.8) is 0 Å². The molecule has 0 spiro atoms. The van der Waals surface area contributed by atoms with Crippen LogP contribution in [-0.2, 0) is 11.8 Å². The molecule has 1 heterocycles. The van der Waals surface area contributed by atoms with E-state index in [4.69, 9.17) is 0 Å². The predicted molar refractivity (Wildman–Crippen MR) is 143 cm³/mol. The lowest BCUT2D eigenvalue weighted by molar-refractivity contribution is 0.0878. The van der Waals surface area contributed by atoms with Gasteiger partial charge in [-0.1, -0.05) is 65.3 Å². The molecule has 1 fully saturated rings. The molecule has 4 nitrogen and oxygen atoms in total. The van der Waals surface area contributed by atoms with Crippen LogP contribution in [0.3, 0.4) is 0 Å². The van der Waals surface area contributed by atoms with E-state index in [0.717, 1.165) is 43.2 Å². The number of fused-ring (bicyclic) bond motifs is 5. The Morgan fingerprint density at radius 3 is 2.39 bits per heavy atom. The molecule has 1 saturated carbocycles. The third kappa shape index (κ3) is 3.09. The highest BCUT2D eigenvalue weighted by Gasteiger charge is 2.57. The van der Waals surface area contributed by atoms with Gasteiger partial charge in [-0.2, -0.15) is 0 Å². The minimum Gasteiger partial charge on any atom is -0.393 e. The molecule has 1 aromatic rings. The first-order chi connectivity index (χ1) is 17.0. The van der Waals surface area contributed by atoms with E-state index in [-0.39, 0.29) is 28.7 Å². The monoisotopic (exact) mass is 487 g/mol. The second-order valence-corrected chi connectivity index (χ2v) is 13.4. The largest absolute Gasteiger partial charge is 0.393 e. The molecular weight excluding hydrogens is 446 g/mol. The summed E-state index contributed by atoms with van der Waals surface area (Å²) in [6.07, 6.45) is 12.2. The average Bonchev–Trinajstić information content (AvgIpc) is 3.30. The summed E-state index contributed by atoms with van der Waals surface area (Å²) in [6, 6.07) is 0. The standard InChI is InChI=1S/C32H41NO3/c1-16(2)17(3)7-8-18(4)24-15-22-27-26(29(35)33-30(27)36)21-14-19-13-20(34)9-11-31(19,5)23-10-12-32(24,6)28(22)25(21)23/h7-8,14,16-18,20,23-24,34H,9-13,15H2,1-6H3,(H,33,35,36)/b8-7+/t17-,18+,20-,23?,24?,31-,32+/m0/s1. The van der Waals surface area contributed by atoms with Crippen molar-refractivity contribution in [1.29, 1.82) is 0 Å². The van der Waals surface area contributed by atoms with Gasteiger partial charge in [-0.15, -0.1) is 0 Å². The third-order valence-electron chi connectivity index (χ3n) is 11.2. The highest BCUT2D eigenvalue weighted by molar-refractivity contribution is 6.24. The smallest absolute Gasteiger partial charge is 0.259 e. The van der Waals surface area contributed by atoms with Crippen molar-refractivity contribution < 1.29 is 14.7 Å². The van der Waals surface area contributed by atoms with Crippen LogP contribution in [0.4, 0.5) is 0 Å². The van der Waals surface area contributed by atoms with Crippen LogP contribution in [-0.4, -0.2) is 23.0 Å².